The van der Waals surface area contributed by atoms with E-state index in [1.807, 2.05) is 0 Å². The largest absolute Gasteiger partial charge is 0.396 e. The van der Waals surface area contributed by atoms with E-state index >= 15 is 0 Å². The van der Waals surface area contributed by atoms with Crippen molar-refractivity contribution in [2.24, 2.45) is 0 Å². The molecule has 0 radical (unpaired) electrons. The Balaban J connectivity index is 2.80. The van der Waals surface area contributed by atoms with Gasteiger partial charge in [-0.1, -0.05) is 12.1 Å². The second-order valence-electron chi connectivity index (χ2n) is 3.93. The third kappa shape index (κ3) is 4.93. The molecule has 0 aliphatic rings. The lowest BCUT2D eigenvalue weighted by atomic mass is 10.2. The maximum Gasteiger partial charge on any atom is 0.292 e. The van der Waals surface area contributed by atoms with Gasteiger partial charge in [-0.3, -0.25) is 14.9 Å². The Kier molecular flexibility index (Phi) is 6.37. The van der Waals surface area contributed by atoms with E-state index in [1.54, 1.807) is 6.07 Å². The number of anilines is 1. The van der Waals surface area contributed by atoms with Crippen LogP contribution in [0, 0.1) is 21.4 Å². The van der Waals surface area contributed by atoms with Gasteiger partial charge in [0.15, 0.2) is 0 Å². The SMILES string of the molecule is N#C/C(=C/NCCCO)C(=O)Nc1ccccc1[N+](=O)[O-]. The highest BCUT2D eigenvalue weighted by atomic mass is 16.6. The van der Waals surface area contributed by atoms with Crippen molar-refractivity contribution in [1.29, 1.82) is 5.26 Å². The Hall–Kier alpha value is -2.92. The second kappa shape index (κ2) is 8.29. The number of para-hydroxylation sites is 2. The first kappa shape index (κ1) is 16.1. The quantitative estimate of drug-likeness (QED) is 0.225. The van der Waals surface area contributed by atoms with Gasteiger partial charge in [0.25, 0.3) is 11.6 Å². The average Bonchev–Trinajstić information content (AvgIpc) is 2.47. The molecule has 0 unspecified atom stereocenters. The summed E-state index contributed by atoms with van der Waals surface area (Å²) in [6.45, 7) is 0.394. The zero-order valence-electron chi connectivity index (χ0n) is 11.1. The highest BCUT2D eigenvalue weighted by Crippen LogP contribution is 2.23. The molecule has 3 N–H and O–H groups in total. The molecule has 110 valence electrons. The molecule has 1 amide bonds. The topological polar surface area (TPSA) is 128 Å². The lowest BCUT2D eigenvalue weighted by molar-refractivity contribution is -0.383. The fraction of sp³-hybridized carbons (Fsp3) is 0.231. The summed E-state index contributed by atoms with van der Waals surface area (Å²) in [5.74, 6) is -0.747. The number of aliphatic hydroxyl groups is 1. The summed E-state index contributed by atoms with van der Waals surface area (Å²) in [5.41, 5.74) is -0.452. The molecular formula is C13H14N4O4. The Labute approximate surface area is 120 Å². The summed E-state index contributed by atoms with van der Waals surface area (Å²) in [6, 6.07) is 7.35. The first-order valence-electron chi connectivity index (χ1n) is 6.09. The molecule has 0 spiro atoms. The lowest BCUT2D eigenvalue weighted by Crippen LogP contribution is -2.18. The zero-order chi connectivity index (χ0) is 15.7. The molecule has 0 saturated carbocycles. The van der Waals surface area contributed by atoms with Crippen LogP contribution in [0.15, 0.2) is 36.0 Å². The van der Waals surface area contributed by atoms with Gasteiger partial charge in [-0.25, -0.2) is 0 Å². The summed E-state index contributed by atoms with van der Waals surface area (Å²) in [7, 11) is 0. The molecule has 0 aliphatic heterocycles. The van der Waals surface area contributed by atoms with Crippen LogP contribution in [-0.4, -0.2) is 29.1 Å². The van der Waals surface area contributed by atoms with Crippen molar-refractivity contribution in [1.82, 2.24) is 5.32 Å². The van der Waals surface area contributed by atoms with Crippen LogP contribution in [-0.2, 0) is 4.79 Å². The number of rotatable bonds is 7. The van der Waals surface area contributed by atoms with E-state index in [4.69, 9.17) is 10.4 Å². The van der Waals surface area contributed by atoms with Gasteiger partial charge in [-0.15, -0.1) is 0 Å². The van der Waals surface area contributed by atoms with Gasteiger partial charge in [-0.2, -0.15) is 5.26 Å². The first-order chi connectivity index (χ1) is 10.1. The number of benzene rings is 1. The van der Waals surface area contributed by atoms with Crippen LogP contribution < -0.4 is 10.6 Å². The normalized spacial score (nSPS) is 10.6. The van der Waals surface area contributed by atoms with Crippen LogP contribution in [0.2, 0.25) is 0 Å². The predicted octanol–water partition coefficient (Wildman–Crippen LogP) is 0.913. The Morgan fingerprint density at radius 3 is 2.81 bits per heavy atom. The summed E-state index contributed by atoms with van der Waals surface area (Å²) in [5, 5.41) is 33.4. The van der Waals surface area contributed by atoms with Crippen LogP contribution in [0.1, 0.15) is 6.42 Å². The number of nitro benzene ring substituents is 1. The fourth-order valence-electron chi connectivity index (χ4n) is 1.43. The van der Waals surface area contributed by atoms with E-state index in [-0.39, 0.29) is 23.6 Å². The highest BCUT2D eigenvalue weighted by Gasteiger charge is 2.16. The smallest absolute Gasteiger partial charge is 0.292 e. The van der Waals surface area contributed by atoms with Gasteiger partial charge in [0, 0.05) is 25.4 Å². The highest BCUT2D eigenvalue weighted by molar-refractivity contribution is 6.07. The Bertz CT molecular complexity index is 592. The van der Waals surface area contributed by atoms with Crippen molar-refractivity contribution in [2.45, 2.75) is 6.42 Å². The number of amides is 1. The molecular weight excluding hydrogens is 276 g/mol. The number of nitro groups is 1. The number of nitrogens with one attached hydrogen (secondary N) is 2. The van der Waals surface area contributed by atoms with Crippen LogP contribution >= 0.6 is 0 Å². The van der Waals surface area contributed by atoms with E-state index in [0.29, 0.717) is 13.0 Å². The van der Waals surface area contributed by atoms with E-state index in [1.165, 1.54) is 30.5 Å². The molecule has 0 aliphatic carbocycles. The molecule has 0 atom stereocenters. The van der Waals surface area contributed by atoms with Crippen molar-refractivity contribution in [3.05, 3.63) is 46.2 Å². The minimum Gasteiger partial charge on any atom is -0.396 e. The molecule has 8 heteroatoms. The van der Waals surface area contributed by atoms with Crippen molar-refractivity contribution in [2.75, 3.05) is 18.5 Å². The molecule has 0 heterocycles. The minimum absolute atomic E-state index is 0.00880. The van der Waals surface area contributed by atoms with Gasteiger partial charge >= 0.3 is 0 Å². The van der Waals surface area contributed by atoms with Crippen molar-refractivity contribution >= 4 is 17.3 Å². The van der Waals surface area contributed by atoms with E-state index in [2.05, 4.69) is 10.6 Å². The Morgan fingerprint density at radius 1 is 1.48 bits per heavy atom. The maximum atomic E-state index is 11.9. The van der Waals surface area contributed by atoms with Crippen molar-refractivity contribution in [3.8, 4) is 6.07 Å². The second-order valence-corrected chi connectivity index (χ2v) is 3.93. The Morgan fingerprint density at radius 2 is 2.19 bits per heavy atom. The molecule has 8 nitrogen and oxygen atoms in total. The molecule has 1 aromatic rings. The zero-order valence-corrected chi connectivity index (χ0v) is 11.1. The number of aliphatic hydroxyl groups excluding tert-OH is 1. The molecule has 0 aromatic heterocycles. The van der Waals surface area contributed by atoms with Gasteiger partial charge in [0.05, 0.1) is 4.92 Å². The number of nitrogens with zero attached hydrogens (tertiary/aromatic N) is 2. The number of nitriles is 1. The summed E-state index contributed by atoms with van der Waals surface area (Å²) in [6.07, 6.45) is 1.68. The van der Waals surface area contributed by atoms with Crippen molar-refractivity contribution < 1.29 is 14.8 Å². The average molecular weight is 290 g/mol. The van der Waals surface area contributed by atoms with Gasteiger partial charge < -0.3 is 15.7 Å². The number of hydrogen-bond donors (Lipinski definition) is 3. The minimum atomic E-state index is -0.747. The third-order valence-electron chi connectivity index (χ3n) is 2.44. The fourth-order valence-corrected chi connectivity index (χ4v) is 1.43. The maximum absolute atomic E-state index is 11.9. The van der Waals surface area contributed by atoms with Crippen LogP contribution in [0.4, 0.5) is 11.4 Å². The summed E-state index contributed by atoms with van der Waals surface area (Å²) in [4.78, 5) is 22.1. The number of carbonyl (C=O) groups excluding carboxylic acids is 1. The molecule has 0 fully saturated rings. The van der Waals surface area contributed by atoms with E-state index in [9.17, 15) is 14.9 Å². The van der Waals surface area contributed by atoms with Gasteiger partial charge in [-0.05, 0) is 12.5 Å². The predicted molar refractivity (Wildman–Crippen MR) is 75.1 cm³/mol. The first-order valence-corrected chi connectivity index (χ1v) is 6.09. The number of hydrogen-bond acceptors (Lipinski definition) is 6. The third-order valence-corrected chi connectivity index (χ3v) is 2.44. The van der Waals surface area contributed by atoms with Crippen LogP contribution in [0.5, 0.6) is 0 Å². The summed E-state index contributed by atoms with van der Waals surface area (Å²) < 4.78 is 0. The lowest BCUT2D eigenvalue weighted by Gasteiger charge is -2.05. The summed E-state index contributed by atoms with van der Waals surface area (Å²) >= 11 is 0. The molecule has 0 saturated heterocycles. The van der Waals surface area contributed by atoms with Crippen LogP contribution in [0.3, 0.4) is 0 Å². The van der Waals surface area contributed by atoms with Crippen LogP contribution in [0.25, 0.3) is 0 Å². The van der Waals surface area contributed by atoms with Gasteiger partial charge in [0.2, 0.25) is 0 Å². The van der Waals surface area contributed by atoms with E-state index in [0.717, 1.165) is 0 Å². The molecule has 1 rings (SSSR count). The number of carbonyl (C=O) groups is 1. The standard InChI is InChI=1S/C13H14N4O4/c14-8-10(9-15-6-3-7-18)13(19)16-11-4-1-2-5-12(11)17(20)21/h1-2,4-5,9,15,18H,3,6-7H2,(H,16,19)/b10-9-. The monoisotopic (exact) mass is 290 g/mol. The molecule has 1 aromatic carbocycles. The van der Waals surface area contributed by atoms with Gasteiger partial charge in [0.1, 0.15) is 17.3 Å². The van der Waals surface area contributed by atoms with Crippen molar-refractivity contribution in [3.63, 3.8) is 0 Å². The molecule has 21 heavy (non-hydrogen) atoms. The van der Waals surface area contributed by atoms with E-state index < -0.39 is 10.8 Å². The molecule has 0 bridgehead atoms.